The predicted molar refractivity (Wildman–Crippen MR) is 257 cm³/mol. The third-order valence-corrected chi connectivity index (χ3v) is 13.2. The maximum absolute atomic E-state index is 2.53. The van der Waals surface area contributed by atoms with E-state index < -0.39 is 0 Å². The first kappa shape index (κ1) is 35.3. The fraction of sp³-hybridized carbons (Fsp3) is 0.0690. The fourth-order valence-electron chi connectivity index (χ4n) is 10.5. The second-order valence-corrected chi connectivity index (χ2v) is 17.0. The number of hydrogen-bond donors (Lipinski definition) is 0. The Morgan fingerprint density at radius 1 is 0.344 bits per heavy atom. The topological polar surface area (TPSA) is 13.1 Å². The van der Waals surface area contributed by atoms with Crippen LogP contribution in [0.15, 0.2) is 218 Å². The van der Waals surface area contributed by atoms with Crippen molar-refractivity contribution in [2.45, 2.75) is 25.3 Å². The van der Waals surface area contributed by atoms with Crippen molar-refractivity contribution in [2.75, 3.05) is 4.90 Å². The van der Waals surface area contributed by atoms with Crippen molar-refractivity contribution in [3.63, 3.8) is 0 Å². The Balaban J connectivity index is 0.866. The summed E-state index contributed by atoms with van der Waals surface area (Å²) in [5.74, 6) is 0.276. The minimum Gasteiger partial charge on any atom is -0.335 e. The molecule has 3 nitrogen and oxygen atoms in total. The molecule has 290 valence electrons. The Hall–Kier alpha value is -7.62. The van der Waals surface area contributed by atoms with E-state index in [2.05, 4.69) is 246 Å². The van der Waals surface area contributed by atoms with E-state index in [9.17, 15) is 0 Å². The number of fused-ring (bicyclic) bond motifs is 7. The van der Waals surface area contributed by atoms with Crippen molar-refractivity contribution < 1.29 is 0 Å². The van der Waals surface area contributed by atoms with Gasteiger partial charge in [0.1, 0.15) is 0 Å². The molecule has 0 aliphatic carbocycles. The van der Waals surface area contributed by atoms with Gasteiger partial charge in [0.05, 0.1) is 27.6 Å². The van der Waals surface area contributed by atoms with Crippen LogP contribution in [0.3, 0.4) is 0 Å². The summed E-state index contributed by atoms with van der Waals surface area (Å²) in [6.07, 6.45) is 0. The zero-order valence-electron chi connectivity index (χ0n) is 34.2. The van der Waals surface area contributed by atoms with Gasteiger partial charge in [-0.3, -0.25) is 0 Å². The van der Waals surface area contributed by atoms with Gasteiger partial charge in [-0.05, 0) is 114 Å². The molecule has 3 heteroatoms. The second kappa shape index (κ2) is 13.7. The van der Waals surface area contributed by atoms with Gasteiger partial charge in [0.15, 0.2) is 0 Å². The summed E-state index contributed by atoms with van der Waals surface area (Å²) in [7, 11) is 0. The highest BCUT2D eigenvalue weighted by atomic mass is 15.2. The summed E-state index contributed by atoms with van der Waals surface area (Å²) in [6.45, 7) is 4.74. The van der Waals surface area contributed by atoms with Crippen LogP contribution in [-0.2, 0) is 0 Å². The lowest BCUT2D eigenvalue weighted by molar-refractivity contribution is 0.478. The zero-order valence-corrected chi connectivity index (χ0v) is 34.2. The summed E-state index contributed by atoms with van der Waals surface area (Å²) in [6, 6.07) is 80.1. The van der Waals surface area contributed by atoms with Crippen LogP contribution in [0.5, 0.6) is 0 Å². The van der Waals surface area contributed by atoms with Gasteiger partial charge >= 0.3 is 0 Å². The number of anilines is 2. The van der Waals surface area contributed by atoms with E-state index in [0.29, 0.717) is 0 Å². The molecule has 0 bridgehead atoms. The molecule has 0 saturated carbocycles. The van der Waals surface area contributed by atoms with Crippen LogP contribution in [0.2, 0.25) is 0 Å². The molecule has 0 radical (unpaired) electrons. The van der Waals surface area contributed by atoms with Gasteiger partial charge in [-0.1, -0.05) is 152 Å². The number of para-hydroxylation sites is 4. The van der Waals surface area contributed by atoms with E-state index in [-0.39, 0.29) is 11.5 Å². The van der Waals surface area contributed by atoms with Crippen molar-refractivity contribution in [3.8, 4) is 33.6 Å². The molecule has 1 aliphatic rings. The predicted octanol–water partition coefficient (Wildman–Crippen LogP) is 15.3. The summed E-state index contributed by atoms with van der Waals surface area (Å²) in [4.78, 5) is 2.53. The minimum absolute atomic E-state index is 0.137. The molecule has 11 aromatic rings. The Labute approximate surface area is 356 Å². The first-order chi connectivity index (χ1) is 30.0. The normalized spacial score (nSPS) is 14.7. The Kier molecular flexibility index (Phi) is 7.95. The average molecular weight is 782 g/mol. The zero-order chi connectivity index (χ0) is 40.7. The molecule has 12 rings (SSSR count). The molecular weight excluding hydrogens is 739 g/mol. The number of aromatic nitrogens is 2. The lowest BCUT2D eigenvalue weighted by atomic mass is 9.80. The van der Waals surface area contributed by atoms with Gasteiger partial charge in [0.2, 0.25) is 0 Å². The fourth-order valence-corrected chi connectivity index (χ4v) is 10.5. The monoisotopic (exact) mass is 781 g/mol. The third kappa shape index (κ3) is 5.51. The largest absolute Gasteiger partial charge is 0.335 e. The molecule has 3 heterocycles. The van der Waals surface area contributed by atoms with E-state index in [1.165, 1.54) is 88.4 Å². The van der Waals surface area contributed by atoms with E-state index >= 15 is 0 Å². The van der Waals surface area contributed by atoms with E-state index in [1.54, 1.807) is 0 Å². The first-order valence-electron chi connectivity index (χ1n) is 21.3. The maximum atomic E-state index is 2.53. The van der Waals surface area contributed by atoms with Crippen molar-refractivity contribution in [3.05, 3.63) is 230 Å². The highest BCUT2D eigenvalue weighted by Crippen LogP contribution is 2.54. The summed E-state index contributed by atoms with van der Waals surface area (Å²) in [5.41, 5.74) is 17.0. The van der Waals surface area contributed by atoms with Crippen molar-refractivity contribution in [1.29, 1.82) is 0 Å². The highest BCUT2D eigenvalue weighted by molar-refractivity contribution is 6.19. The third-order valence-electron chi connectivity index (χ3n) is 13.2. The van der Waals surface area contributed by atoms with Gasteiger partial charge in [-0.15, -0.1) is 0 Å². The molecule has 61 heavy (non-hydrogen) atoms. The van der Waals surface area contributed by atoms with Gasteiger partial charge in [-0.25, -0.2) is 0 Å². The van der Waals surface area contributed by atoms with Crippen LogP contribution in [0.25, 0.3) is 77.2 Å². The van der Waals surface area contributed by atoms with Gasteiger partial charge < -0.3 is 14.0 Å². The van der Waals surface area contributed by atoms with Gasteiger partial charge in [-0.2, -0.15) is 0 Å². The van der Waals surface area contributed by atoms with E-state index in [1.807, 2.05) is 0 Å². The summed E-state index contributed by atoms with van der Waals surface area (Å²) in [5, 5.41) is 5.05. The quantitative estimate of drug-likeness (QED) is 0.164. The van der Waals surface area contributed by atoms with Crippen molar-refractivity contribution >= 4 is 55.0 Å². The summed E-state index contributed by atoms with van der Waals surface area (Å²) < 4.78 is 4.83. The van der Waals surface area contributed by atoms with E-state index in [4.69, 9.17) is 0 Å². The molecule has 0 saturated heterocycles. The molecule has 0 fully saturated rings. The van der Waals surface area contributed by atoms with Crippen LogP contribution < -0.4 is 4.90 Å². The lowest BCUT2D eigenvalue weighted by Gasteiger charge is -2.38. The minimum atomic E-state index is -0.137. The molecule has 0 spiro atoms. The van der Waals surface area contributed by atoms with Crippen LogP contribution in [0.4, 0.5) is 11.4 Å². The van der Waals surface area contributed by atoms with Gasteiger partial charge in [0, 0.05) is 50.2 Å². The molecule has 1 unspecified atom stereocenters. The van der Waals surface area contributed by atoms with Crippen molar-refractivity contribution in [1.82, 2.24) is 9.13 Å². The number of benzene rings is 9. The molecule has 0 N–H and O–H groups in total. The summed E-state index contributed by atoms with van der Waals surface area (Å²) >= 11 is 0. The lowest BCUT2D eigenvalue weighted by Crippen LogP contribution is -2.40. The molecule has 1 aliphatic heterocycles. The van der Waals surface area contributed by atoms with Crippen LogP contribution in [0, 0.1) is 0 Å². The molecule has 9 aromatic carbocycles. The molecule has 0 amide bonds. The van der Waals surface area contributed by atoms with E-state index in [0.717, 1.165) is 11.4 Å². The van der Waals surface area contributed by atoms with Crippen LogP contribution >= 0.6 is 0 Å². The maximum Gasteiger partial charge on any atom is 0.0562 e. The molecule has 2 aromatic heterocycles. The average Bonchev–Trinajstić information content (AvgIpc) is 3.90. The Morgan fingerprint density at radius 2 is 0.770 bits per heavy atom. The molecular formula is C58H43N3. The number of hydrogen-bond acceptors (Lipinski definition) is 1. The Bertz CT molecular complexity index is 3410. The highest BCUT2D eigenvalue weighted by Gasteiger charge is 2.46. The van der Waals surface area contributed by atoms with Crippen molar-refractivity contribution in [2.24, 2.45) is 0 Å². The Morgan fingerprint density at radius 3 is 1.33 bits per heavy atom. The number of rotatable bonds is 6. The first-order valence-corrected chi connectivity index (χ1v) is 21.3. The standard InChI is InChI=1S/C58H43N3/c1-58(2)57(43-15-5-3-6-16-43)49-21-11-14-24-54(49)61(58)46-35-31-42(32-36-46)40-27-25-39(26-28-40)41-29-33-45(34-30-41)60-53-23-13-10-20-48(53)51-37-50-47-19-9-12-22-52(47)59(55(50)38-56(51)60)44-17-7-4-8-18-44/h3-38,57H,1-2H3. The second-order valence-electron chi connectivity index (χ2n) is 17.0. The van der Waals surface area contributed by atoms with Crippen LogP contribution in [0.1, 0.15) is 30.9 Å². The molecule has 1 atom stereocenters. The SMILES string of the molecule is CC1(C)C(c2ccccc2)c2ccccc2N1c1ccc(-c2ccc(-c3ccc(-n4c5ccccc5c5cc6c7ccccc7n(-c7ccccc7)c6cc54)cc3)cc2)cc1. The smallest absolute Gasteiger partial charge is 0.0562 e. The van der Waals surface area contributed by atoms with Gasteiger partial charge in [0.25, 0.3) is 0 Å². The number of nitrogens with zero attached hydrogens (tertiary/aromatic N) is 3. The van der Waals surface area contributed by atoms with Crippen LogP contribution in [-0.4, -0.2) is 14.7 Å².